The molecule has 3 aliphatic rings. The number of amides is 2. The van der Waals surface area contributed by atoms with Gasteiger partial charge in [0.15, 0.2) is 0 Å². The van der Waals surface area contributed by atoms with Gasteiger partial charge in [0.1, 0.15) is 13.2 Å². The molecule has 5 rings (SSSR count). The molecular formula is C29H34N4O6. The van der Waals surface area contributed by atoms with Crippen LogP contribution >= 0.6 is 0 Å². The number of para-hydroxylation sites is 1. The van der Waals surface area contributed by atoms with Crippen LogP contribution in [0, 0.1) is 11.8 Å². The normalized spacial score (nSPS) is 24.4. The number of rotatable bonds is 8. The Hall–Kier alpha value is -3.79. The molecule has 1 aromatic heterocycles. The number of cyclic esters (lactones) is 1. The molecule has 0 saturated carbocycles. The zero-order chi connectivity index (χ0) is 27.9. The Bertz CT molecular complexity index is 1370. The summed E-state index contributed by atoms with van der Waals surface area (Å²) >= 11 is 0. The fourth-order valence-corrected chi connectivity index (χ4v) is 5.92. The molecule has 10 heteroatoms. The smallest absolute Gasteiger partial charge is 0.351 e. The van der Waals surface area contributed by atoms with Crippen LogP contribution in [-0.4, -0.2) is 77.4 Å². The summed E-state index contributed by atoms with van der Waals surface area (Å²) in [5, 5.41) is 3.62. The van der Waals surface area contributed by atoms with Crippen molar-refractivity contribution in [3.63, 3.8) is 0 Å². The molecule has 206 valence electrons. The predicted molar refractivity (Wildman–Crippen MR) is 143 cm³/mol. The van der Waals surface area contributed by atoms with E-state index in [1.807, 2.05) is 43.3 Å². The Kier molecular flexibility index (Phi) is 7.15. The van der Waals surface area contributed by atoms with Gasteiger partial charge in [0.05, 0.1) is 35.4 Å². The predicted octanol–water partition coefficient (Wildman–Crippen LogP) is 2.26. The van der Waals surface area contributed by atoms with Crippen molar-refractivity contribution >= 4 is 40.4 Å². The van der Waals surface area contributed by atoms with Crippen LogP contribution in [0.15, 0.2) is 36.4 Å². The highest BCUT2D eigenvalue weighted by molar-refractivity contribution is 5.98. The number of likely N-dealkylation sites (N-methyl/N-ethyl adjacent to an activating group) is 1. The number of esters is 2. The van der Waals surface area contributed by atoms with Crippen LogP contribution in [0.5, 0.6) is 0 Å². The van der Waals surface area contributed by atoms with Crippen LogP contribution in [0.1, 0.15) is 44.4 Å². The topological polar surface area (TPSA) is 118 Å². The third-order valence-corrected chi connectivity index (χ3v) is 8.01. The van der Waals surface area contributed by atoms with Gasteiger partial charge in [0.25, 0.3) is 0 Å². The van der Waals surface area contributed by atoms with Gasteiger partial charge >= 0.3 is 11.9 Å². The van der Waals surface area contributed by atoms with Gasteiger partial charge in [-0.15, -0.1) is 0 Å². The molecule has 0 radical (unpaired) electrons. The third kappa shape index (κ3) is 4.56. The summed E-state index contributed by atoms with van der Waals surface area (Å²) in [5.74, 6) is -3.36. The number of hydrogen-bond donors (Lipinski definition) is 1. The van der Waals surface area contributed by atoms with E-state index in [4.69, 9.17) is 14.5 Å². The zero-order valence-electron chi connectivity index (χ0n) is 22.7. The van der Waals surface area contributed by atoms with Crippen molar-refractivity contribution in [2.45, 2.75) is 51.3 Å². The highest BCUT2D eigenvalue weighted by Crippen LogP contribution is 2.47. The maximum absolute atomic E-state index is 13.7. The lowest BCUT2D eigenvalue weighted by Gasteiger charge is -2.46. The number of aromatic nitrogens is 1. The summed E-state index contributed by atoms with van der Waals surface area (Å²) in [4.78, 5) is 60.9. The molecule has 1 fully saturated rings. The van der Waals surface area contributed by atoms with Gasteiger partial charge in [0, 0.05) is 16.9 Å². The van der Waals surface area contributed by atoms with Crippen LogP contribution < -0.4 is 5.32 Å². The second-order valence-electron chi connectivity index (χ2n) is 10.6. The van der Waals surface area contributed by atoms with Gasteiger partial charge in [-0.25, -0.2) is 9.78 Å². The molecule has 2 amide bonds. The molecule has 4 atom stereocenters. The van der Waals surface area contributed by atoms with Crippen LogP contribution in [0.4, 0.5) is 0 Å². The van der Waals surface area contributed by atoms with Gasteiger partial charge < -0.3 is 19.7 Å². The minimum absolute atomic E-state index is 0.0913. The molecule has 0 spiro atoms. The molecule has 39 heavy (non-hydrogen) atoms. The Morgan fingerprint density at radius 2 is 2.03 bits per heavy atom. The maximum Gasteiger partial charge on any atom is 0.351 e. The van der Waals surface area contributed by atoms with E-state index in [2.05, 4.69) is 5.32 Å². The van der Waals surface area contributed by atoms with E-state index >= 15 is 0 Å². The van der Waals surface area contributed by atoms with Gasteiger partial charge in [0.2, 0.25) is 17.4 Å². The zero-order valence-corrected chi connectivity index (χ0v) is 22.7. The van der Waals surface area contributed by atoms with E-state index in [1.54, 1.807) is 30.8 Å². The van der Waals surface area contributed by atoms with E-state index < -0.39 is 35.9 Å². The second-order valence-corrected chi connectivity index (χ2v) is 10.6. The van der Waals surface area contributed by atoms with Gasteiger partial charge in [-0.2, -0.15) is 0 Å². The summed E-state index contributed by atoms with van der Waals surface area (Å²) in [6.07, 6.45) is 3.40. The van der Waals surface area contributed by atoms with Crippen molar-refractivity contribution < 1.29 is 28.7 Å². The number of carbonyl (C=O) groups excluding carboxylic acids is 4. The lowest BCUT2D eigenvalue weighted by Crippen LogP contribution is -2.61. The molecule has 1 N–H and O–H groups in total. The summed E-state index contributed by atoms with van der Waals surface area (Å²) in [6, 6.07) is 9.39. The molecule has 2 aromatic rings. The molecule has 0 aliphatic carbocycles. The van der Waals surface area contributed by atoms with Crippen LogP contribution in [0.2, 0.25) is 0 Å². The fourth-order valence-electron chi connectivity index (χ4n) is 5.92. The first-order valence-corrected chi connectivity index (χ1v) is 13.5. The first-order valence-electron chi connectivity index (χ1n) is 13.5. The van der Waals surface area contributed by atoms with Gasteiger partial charge in [-0.05, 0) is 45.1 Å². The van der Waals surface area contributed by atoms with Crippen LogP contribution in [0.25, 0.3) is 16.6 Å². The molecule has 1 aromatic carbocycles. The lowest BCUT2D eigenvalue weighted by molar-refractivity contribution is -0.204. The SMILES string of the molecule is CCCC(C(=O)NCC(=O)OC1(CC)C(=O)OCC2C(=O)N3Cc4cc5ccccc5nc4C3=CC21)N(C)C. The average molecular weight is 535 g/mol. The van der Waals surface area contributed by atoms with E-state index in [1.165, 1.54) is 0 Å². The second kappa shape index (κ2) is 10.4. The Balaban J connectivity index is 1.43. The van der Waals surface area contributed by atoms with Crippen molar-refractivity contribution in [3.8, 4) is 0 Å². The lowest BCUT2D eigenvalue weighted by atomic mass is 9.72. The number of hydrogen-bond acceptors (Lipinski definition) is 8. The number of pyridine rings is 1. The summed E-state index contributed by atoms with van der Waals surface area (Å²) in [5.41, 5.74) is 1.34. The molecule has 3 aliphatic heterocycles. The summed E-state index contributed by atoms with van der Waals surface area (Å²) in [6.45, 7) is 3.60. The van der Waals surface area contributed by atoms with Crippen molar-refractivity contribution in [2.24, 2.45) is 11.8 Å². The first kappa shape index (κ1) is 26.8. The van der Waals surface area contributed by atoms with Gasteiger partial charge in [-0.3, -0.25) is 19.3 Å². The van der Waals surface area contributed by atoms with Gasteiger partial charge in [-0.1, -0.05) is 38.5 Å². The molecular weight excluding hydrogens is 500 g/mol. The van der Waals surface area contributed by atoms with Crippen molar-refractivity contribution in [2.75, 3.05) is 27.2 Å². The number of benzene rings is 1. The fraction of sp³-hybridized carbons (Fsp3) is 0.483. The average Bonchev–Trinajstić information content (AvgIpc) is 3.28. The quantitative estimate of drug-likeness (QED) is 0.513. The molecule has 4 unspecified atom stereocenters. The Labute approximate surface area is 227 Å². The van der Waals surface area contributed by atoms with E-state index in [0.717, 1.165) is 22.9 Å². The van der Waals surface area contributed by atoms with Crippen LogP contribution in [-0.2, 0) is 35.2 Å². The molecule has 4 heterocycles. The molecule has 1 saturated heterocycles. The summed E-state index contributed by atoms with van der Waals surface area (Å²) < 4.78 is 11.3. The largest absolute Gasteiger partial charge is 0.462 e. The Morgan fingerprint density at radius 1 is 1.26 bits per heavy atom. The van der Waals surface area contributed by atoms with E-state index in [0.29, 0.717) is 24.4 Å². The molecule has 0 bridgehead atoms. The monoisotopic (exact) mass is 534 g/mol. The van der Waals surface area contributed by atoms with E-state index in [9.17, 15) is 19.2 Å². The maximum atomic E-state index is 13.7. The van der Waals surface area contributed by atoms with Crippen molar-refractivity contribution in [3.05, 3.63) is 47.7 Å². The highest BCUT2D eigenvalue weighted by atomic mass is 16.6. The molecule has 10 nitrogen and oxygen atoms in total. The first-order chi connectivity index (χ1) is 18.7. The minimum Gasteiger partial charge on any atom is -0.462 e. The van der Waals surface area contributed by atoms with Crippen molar-refractivity contribution in [1.82, 2.24) is 20.1 Å². The Morgan fingerprint density at radius 3 is 2.74 bits per heavy atom. The third-order valence-electron chi connectivity index (χ3n) is 8.01. The number of carbonyl (C=O) groups is 4. The standard InChI is InChI=1S/C29H34N4O6/c1-5-9-22(32(3)4)26(35)30-14-24(34)39-29(6-2)20-13-23-25-18(12-17-10-7-8-11-21(17)31-25)15-33(23)27(36)19(20)16-38-28(29)37/h7-8,10-13,19-20,22H,5-6,9,14-16H2,1-4H3,(H,30,35). The number of ether oxygens (including phenoxy) is 2. The number of nitrogens with one attached hydrogen (secondary N) is 1. The highest BCUT2D eigenvalue weighted by Gasteiger charge is 2.59. The number of nitrogens with zero attached hydrogens (tertiary/aromatic N) is 3. The minimum atomic E-state index is -1.69. The summed E-state index contributed by atoms with van der Waals surface area (Å²) in [7, 11) is 3.61. The number of fused-ring (bicyclic) bond motifs is 5. The van der Waals surface area contributed by atoms with E-state index in [-0.39, 0.29) is 30.9 Å². The van der Waals surface area contributed by atoms with Crippen molar-refractivity contribution in [1.29, 1.82) is 0 Å². The van der Waals surface area contributed by atoms with Crippen LogP contribution in [0.3, 0.4) is 0 Å².